The number of amides is 1. The molecule has 1 amide bonds. The van der Waals surface area contributed by atoms with Gasteiger partial charge in [0.15, 0.2) is 5.82 Å². The van der Waals surface area contributed by atoms with Crippen molar-refractivity contribution in [2.45, 2.75) is 44.7 Å². The van der Waals surface area contributed by atoms with E-state index in [9.17, 15) is 4.79 Å². The summed E-state index contributed by atoms with van der Waals surface area (Å²) in [7, 11) is 0. The second kappa shape index (κ2) is 5.19. The summed E-state index contributed by atoms with van der Waals surface area (Å²) in [6, 6.07) is 3.78. The Balaban J connectivity index is 1.52. The van der Waals surface area contributed by atoms with Crippen molar-refractivity contribution in [3.8, 4) is 0 Å². The molecule has 2 aliphatic rings. The van der Waals surface area contributed by atoms with Crippen LogP contribution in [0.2, 0.25) is 0 Å². The number of carbonyl (C=O) groups excluding carboxylic acids is 1. The van der Waals surface area contributed by atoms with E-state index in [1.54, 1.807) is 12.4 Å². The third kappa shape index (κ3) is 2.38. The summed E-state index contributed by atoms with van der Waals surface area (Å²) in [5.74, 6) is 2.56. The fraction of sp³-hybridized carbons (Fsp3) is 0.500. The van der Waals surface area contributed by atoms with Gasteiger partial charge in [-0.2, -0.15) is 5.10 Å². The van der Waals surface area contributed by atoms with Gasteiger partial charge in [0.05, 0.1) is 19.0 Å². The van der Waals surface area contributed by atoms with Gasteiger partial charge in [0.25, 0.3) is 0 Å². The highest BCUT2D eigenvalue weighted by Gasteiger charge is 2.34. The first kappa shape index (κ1) is 13.4. The second-order valence-electron chi connectivity index (χ2n) is 6.13. The molecular formula is C16H19N5O. The van der Waals surface area contributed by atoms with Gasteiger partial charge < -0.3 is 4.90 Å². The van der Waals surface area contributed by atoms with Gasteiger partial charge in [0, 0.05) is 24.9 Å². The highest BCUT2D eigenvalue weighted by Crippen LogP contribution is 2.39. The van der Waals surface area contributed by atoms with Crippen LogP contribution in [0.4, 0.5) is 0 Å². The lowest BCUT2D eigenvalue weighted by molar-refractivity contribution is -0.133. The third-order valence-electron chi connectivity index (χ3n) is 4.45. The van der Waals surface area contributed by atoms with Gasteiger partial charge in [0.2, 0.25) is 5.91 Å². The lowest BCUT2D eigenvalue weighted by atomic mass is 10.1. The number of rotatable bonds is 3. The zero-order valence-corrected chi connectivity index (χ0v) is 12.6. The van der Waals surface area contributed by atoms with Crippen molar-refractivity contribution in [3.63, 3.8) is 0 Å². The van der Waals surface area contributed by atoms with Gasteiger partial charge in [0.1, 0.15) is 5.82 Å². The van der Waals surface area contributed by atoms with E-state index in [-0.39, 0.29) is 11.9 Å². The Morgan fingerprint density at radius 3 is 2.95 bits per heavy atom. The Kier molecular flexibility index (Phi) is 3.17. The molecule has 3 heterocycles. The van der Waals surface area contributed by atoms with Crippen molar-refractivity contribution >= 4 is 5.91 Å². The van der Waals surface area contributed by atoms with Crippen molar-refractivity contribution in [1.82, 2.24) is 24.6 Å². The Hall–Kier alpha value is -2.24. The number of hydrogen-bond acceptors (Lipinski definition) is 4. The molecule has 0 aromatic carbocycles. The standard InChI is InChI=1S/C16H19N5O/c1-11-16-18-15(13-4-5-13)19-21(16)8-7-20(11)14(22)9-12-3-2-6-17-10-12/h2-3,6,10-11,13H,4-5,7-9H2,1H3/t11-/m1/s1. The number of hydrogen-bond donors (Lipinski definition) is 0. The highest BCUT2D eigenvalue weighted by atomic mass is 16.2. The number of nitrogens with zero attached hydrogens (tertiary/aromatic N) is 5. The largest absolute Gasteiger partial charge is 0.331 e. The van der Waals surface area contributed by atoms with Gasteiger partial charge in [-0.25, -0.2) is 9.67 Å². The summed E-state index contributed by atoms with van der Waals surface area (Å²) in [5, 5.41) is 4.60. The molecule has 114 valence electrons. The van der Waals surface area contributed by atoms with Gasteiger partial charge in [-0.3, -0.25) is 9.78 Å². The first-order valence-corrected chi connectivity index (χ1v) is 7.85. The van der Waals surface area contributed by atoms with Crippen molar-refractivity contribution in [2.24, 2.45) is 0 Å². The molecule has 1 saturated carbocycles. The average Bonchev–Trinajstić information content (AvgIpc) is 3.28. The van der Waals surface area contributed by atoms with Crippen LogP contribution < -0.4 is 0 Å². The first-order valence-electron chi connectivity index (χ1n) is 7.85. The summed E-state index contributed by atoms with van der Waals surface area (Å²) in [4.78, 5) is 23.2. The Morgan fingerprint density at radius 1 is 1.36 bits per heavy atom. The van der Waals surface area contributed by atoms with Crippen LogP contribution in [0, 0.1) is 0 Å². The quantitative estimate of drug-likeness (QED) is 0.865. The fourth-order valence-corrected chi connectivity index (χ4v) is 3.02. The molecule has 6 heteroatoms. The molecule has 2 aromatic heterocycles. The molecule has 0 unspecified atom stereocenters. The van der Waals surface area contributed by atoms with E-state index in [0.29, 0.717) is 18.9 Å². The predicted molar refractivity (Wildman–Crippen MR) is 80.1 cm³/mol. The molecule has 1 aliphatic heterocycles. The zero-order chi connectivity index (χ0) is 15.1. The molecule has 1 fully saturated rings. The van der Waals surface area contributed by atoms with Crippen LogP contribution >= 0.6 is 0 Å². The molecule has 4 rings (SSSR count). The van der Waals surface area contributed by atoms with Crippen molar-refractivity contribution in [3.05, 3.63) is 41.7 Å². The maximum Gasteiger partial charge on any atom is 0.227 e. The molecule has 1 atom stereocenters. The minimum atomic E-state index is -0.0158. The fourth-order valence-electron chi connectivity index (χ4n) is 3.02. The minimum Gasteiger partial charge on any atom is -0.331 e. The van der Waals surface area contributed by atoms with Crippen LogP contribution in [0.3, 0.4) is 0 Å². The van der Waals surface area contributed by atoms with E-state index in [4.69, 9.17) is 0 Å². The monoisotopic (exact) mass is 297 g/mol. The number of pyridine rings is 1. The Morgan fingerprint density at radius 2 is 2.23 bits per heavy atom. The van der Waals surface area contributed by atoms with E-state index >= 15 is 0 Å². The molecule has 0 bridgehead atoms. The van der Waals surface area contributed by atoms with E-state index in [0.717, 1.165) is 23.8 Å². The molecule has 2 aromatic rings. The van der Waals surface area contributed by atoms with Crippen LogP contribution in [-0.4, -0.2) is 37.1 Å². The van der Waals surface area contributed by atoms with Gasteiger partial charge in [-0.1, -0.05) is 6.07 Å². The van der Waals surface area contributed by atoms with Crippen molar-refractivity contribution in [1.29, 1.82) is 0 Å². The zero-order valence-electron chi connectivity index (χ0n) is 12.6. The topological polar surface area (TPSA) is 63.9 Å². The summed E-state index contributed by atoms with van der Waals surface area (Å²) < 4.78 is 1.98. The molecule has 1 aliphatic carbocycles. The summed E-state index contributed by atoms with van der Waals surface area (Å²) in [5.41, 5.74) is 0.949. The lowest BCUT2D eigenvalue weighted by Gasteiger charge is -2.33. The molecule has 6 nitrogen and oxygen atoms in total. The van der Waals surface area contributed by atoms with Gasteiger partial charge >= 0.3 is 0 Å². The van der Waals surface area contributed by atoms with Crippen LogP contribution in [0.5, 0.6) is 0 Å². The molecular weight excluding hydrogens is 278 g/mol. The number of aromatic nitrogens is 4. The summed E-state index contributed by atoms with van der Waals surface area (Å²) in [6.07, 6.45) is 6.25. The third-order valence-corrected chi connectivity index (χ3v) is 4.45. The maximum absolute atomic E-state index is 12.6. The SMILES string of the molecule is C[C@@H]1c2nc(C3CC3)nn2CCN1C(=O)Cc1cccnc1. The van der Waals surface area contributed by atoms with E-state index in [2.05, 4.69) is 15.1 Å². The molecule has 0 saturated heterocycles. The molecule has 0 N–H and O–H groups in total. The molecule has 0 radical (unpaired) electrons. The predicted octanol–water partition coefficient (Wildman–Crippen LogP) is 1.70. The van der Waals surface area contributed by atoms with Crippen LogP contribution in [-0.2, 0) is 17.8 Å². The van der Waals surface area contributed by atoms with E-state index < -0.39 is 0 Å². The minimum absolute atomic E-state index is 0.0158. The van der Waals surface area contributed by atoms with Crippen molar-refractivity contribution < 1.29 is 4.79 Å². The van der Waals surface area contributed by atoms with Gasteiger partial charge in [-0.15, -0.1) is 0 Å². The Labute approximate surface area is 129 Å². The van der Waals surface area contributed by atoms with Crippen molar-refractivity contribution in [2.75, 3.05) is 6.54 Å². The molecule has 0 spiro atoms. The molecule has 22 heavy (non-hydrogen) atoms. The van der Waals surface area contributed by atoms with E-state index in [1.165, 1.54) is 12.8 Å². The smallest absolute Gasteiger partial charge is 0.227 e. The normalized spacial score (nSPS) is 20.8. The lowest BCUT2D eigenvalue weighted by Crippen LogP contribution is -2.42. The number of fused-ring (bicyclic) bond motifs is 1. The number of carbonyl (C=O) groups is 1. The van der Waals surface area contributed by atoms with Gasteiger partial charge in [-0.05, 0) is 31.4 Å². The second-order valence-corrected chi connectivity index (χ2v) is 6.13. The highest BCUT2D eigenvalue weighted by molar-refractivity contribution is 5.79. The summed E-state index contributed by atoms with van der Waals surface area (Å²) in [6.45, 7) is 3.47. The summed E-state index contributed by atoms with van der Waals surface area (Å²) >= 11 is 0. The van der Waals surface area contributed by atoms with Crippen LogP contribution in [0.1, 0.15) is 48.9 Å². The van der Waals surface area contributed by atoms with E-state index in [1.807, 2.05) is 28.6 Å². The average molecular weight is 297 g/mol. The maximum atomic E-state index is 12.6. The first-order chi connectivity index (χ1) is 10.7. The van der Waals surface area contributed by atoms with Crippen LogP contribution in [0.25, 0.3) is 0 Å². The van der Waals surface area contributed by atoms with Crippen LogP contribution in [0.15, 0.2) is 24.5 Å². The Bertz CT molecular complexity index is 692.